The molecule has 2 N–H and O–H groups in total. The van der Waals surface area contributed by atoms with Crippen molar-refractivity contribution in [3.63, 3.8) is 0 Å². The molecule has 0 bridgehead atoms. The quantitative estimate of drug-likeness (QED) is 0.801. The second-order valence-electron chi connectivity index (χ2n) is 5.17. The van der Waals surface area contributed by atoms with Crippen LogP contribution in [0.1, 0.15) is 49.3 Å². The van der Waals surface area contributed by atoms with Crippen LogP contribution in [0.4, 0.5) is 0 Å². The number of aromatic carboxylic acids is 1. The van der Waals surface area contributed by atoms with Gasteiger partial charge < -0.3 is 14.6 Å². The van der Waals surface area contributed by atoms with Crippen LogP contribution in [0.3, 0.4) is 0 Å². The van der Waals surface area contributed by atoms with Gasteiger partial charge in [0.15, 0.2) is 0 Å². The molecule has 0 aliphatic carbocycles. The first-order chi connectivity index (χ1) is 11.4. The lowest BCUT2D eigenvalue weighted by atomic mass is 10.1. The molecule has 2 aromatic rings. The van der Waals surface area contributed by atoms with E-state index >= 15 is 0 Å². The Balaban J connectivity index is 2.05. The minimum Gasteiger partial charge on any atom is -0.481 e. The highest BCUT2D eigenvalue weighted by molar-refractivity contribution is 6.22. The smallest absolute Gasteiger partial charge is 0.335 e. The van der Waals surface area contributed by atoms with Crippen LogP contribution in [0, 0.1) is 0 Å². The first-order valence-electron chi connectivity index (χ1n) is 6.90. The van der Waals surface area contributed by atoms with E-state index in [1.807, 2.05) is 0 Å². The molecule has 1 aromatic carbocycles. The highest BCUT2D eigenvalue weighted by Gasteiger charge is 2.42. The fourth-order valence-electron chi connectivity index (χ4n) is 2.64. The lowest BCUT2D eigenvalue weighted by molar-refractivity contribution is -0.138. The second-order valence-corrected chi connectivity index (χ2v) is 5.17. The summed E-state index contributed by atoms with van der Waals surface area (Å²) in [7, 11) is 0. The molecule has 0 spiro atoms. The van der Waals surface area contributed by atoms with Gasteiger partial charge in [0, 0.05) is 0 Å². The van der Waals surface area contributed by atoms with Crippen molar-refractivity contribution >= 4 is 23.8 Å². The average Bonchev–Trinajstić information content (AvgIpc) is 3.14. The van der Waals surface area contributed by atoms with E-state index in [1.54, 1.807) is 0 Å². The zero-order valence-electron chi connectivity index (χ0n) is 12.1. The van der Waals surface area contributed by atoms with Crippen molar-refractivity contribution in [2.75, 3.05) is 0 Å². The Hall–Kier alpha value is -3.42. The Morgan fingerprint density at radius 1 is 1.08 bits per heavy atom. The van der Waals surface area contributed by atoms with Crippen LogP contribution in [0.25, 0.3) is 0 Å². The van der Waals surface area contributed by atoms with Gasteiger partial charge in [0.1, 0.15) is 11.8 Å². The molecular weight excluding hydrogens is 318 g/mol. The number of carboxylic acid groups (broad SMARTS) is 2. The van der Waals surface area contributed by atoms with Crippen molar-refractivity contribution in [1.82, 2.24) is 4.90 Å². The van der Waals surface area contributed by atoms with Crippen molar-refractivity contribution in [2.45, 2.75) is 12.5 Å². The zero-order chi connectivity index (χ0) is 17.4. The summed E-state index contributed by atoms with van der Waals surface area (Å²) < 4.78 is 5.16. The van der Waals surface area contributed by atoms with Crippen molar-refractivity contribution < 1.29 is 33.8 Å². The molecule has 2 amide bonds. The molecule has 1 atom stereocenters. The number of carboxylic acids is 2. The third-order valence-corrected chi connectivity index (χ3v) is 3.72. The van der Waals surface area contributed by atoms with E-state index in [1.165, 1.54) is 30.5 Å². The molecule has 24 heavy (non-hydrogen) atoms. The number of nitrogens with zero attached hydrogens (tertiary/aromatic N) is 1. The monoisotopic (exact) mass is 329 g/mol. The Bertz CT molecular complexity index is 853. The first kappa shape index (κ1) is 15.5. The summed E-state index contributed by atoms with van der Waals surface area (Å²) in [5.41, 5.74) is -0.168. The number of furan rings is 1. The van der Waals surface area contributed by atoms with Crippen LogP contribution < -0.4 is 0 Å². The van der Waals surface area contributed by atoms with Gasteiger partial charge in [0.05, 0.1) is 29.4 Å². The summed E-state index contributed by atoms with van der Waals surface area (Å²) in [5, 5.41) is 18.1. The summed E-state index contributed by atoms with van der Waals surface area (Å²) in [4.78, 5) is 48.1. The third kappa shape index (κ3) is 2.43. The number of carbonyl (C=O) groups is 4. The molecular formula is C16H11NO7. The van der Waals surface area contributed by atoms with Gasteiger partial charge in [-0.25, -0.2) is 4.79 Å². The van der Waals surface area contributed by atoms with Crippen LogP contribution in [-0.4, -0.2) is 38.9 Å². The number of hydrogen-bond acceptors (Lipinski definition) is 5. The summed E-state index contributed by atoms with van der Waals surface area (Å²) >= 11 is 0. The maximum Gasteiger partial charge on any atom is 0.335 e. The van der Waals surface area contributed by atoms with Gasteiger partial charge in [-0.15, -0.1) is 0 Å². The standard InChI is InChI=1S/C16H11NO7/c18-13(19)7-11(12-2-1-5-24-12)17-14(20)9-4-3-8(16(22)23)6-10(9)15(17)21/h1-6,11H,7H2,(H,18,19)(H,22,23). The second kappa shape index (κ2) is 5.65. The maximum absolute atomic E-state index is 12.6. The summed E-state index contributed by atoms with van der Waals surface area (Å²) in [6.45, 7) is 0. The normalized spacial score (nSPS) is 14.6. The van der Waals surface area contributed by atoms with E-state index in [-0.39, 0.29) is 22.5 Å². The maximum atomic E-state index is 12.6. The van der Waals surface area contributed by atoms with Crippen molar-refractivity contribution in [2.24, 2.45) is 0 Å². The Morgan fingerprint density at radius 3 is 2.38 bits per heavy atom. The lowest BCUT2D eigenvalue weighted by Gasteiger charge is -2.22. The van der Waals surface area contributed by atoms with Crippen LogP contribution in [0.5, 0.6) is 0 Å². The SMILES string of the molecule is O=C(O)CC(c1ccco1)N1C(=O)c2ccc(C(=O)O)cc2C1=O. The van der Waals surface area contributed by atoms with Gasteiger partial charge in [-0.3, -0.25) is 19.3 Å². The van der Waals surface area contributed by atoms with E-state index in [0.29, 0.717) is 0 Å². The van der Waals surface area contributed by atoms with Crippen LogP contribution in [0.15, 0.2) is 41.0 Å². The Kier molecular flexibility index (Phi) is 3.64. The number of aliphatic carboxylic acids is 1. The molecule has 8 nitrogen and oxygen atoms in total. The summed E-state index contributed by atoms with van der Waals surface area (Å²) in [6.07, 6.45) is 0.787. The molecule has 1 aliphatic heterocycles. The van der Waals surface area contributed by atoms with Crippen molar-refractivity contribution in [3.05, 3.63) is 59.0 Å². The van der Waals surface area contributed by atoms with Gasteiger partial charge >= 0.3 is 11.9 Å². The van der Waals surface area contributed by atoms with Gasteiger partial charge in [0.25, 0.3) is 11.8 Å². The fourth-order valence-corrected chi connectivity index (χ4v) is 2.64. The van der Waals surface area contributed by atoms with Crippen LogP contribution in [-0.2, 0) is 4.79 Å². The van der Waals surface area contributed by atoms with Crippen LogP contribution >= 0.6 is 0 Å². The van der Waals surface area contributed by atoms with Gasteiger partial charge in [-0.05, 0) is 30.3 Å². The minimum absolute atomic E-state index is 0.0342. The molecule has 1 aliphatic rings. The molecule has 3 rings (SSSR count). The molecule has 8 heteroatoms. The molecule has 0 saturated carbocycles. The third-order valence-electron chi connectivity index (χ3n) is 3.72. The fraction of sp³-hybridized carbons (Fsp3) is 0.125. The highest BCUT2D eigenvalue weighted by Crippen LogP contribution is 2.34. The Morgan fingerprint density at radius 2 is 1.79 bits per heavy atom. The zero-order valence-corrected chi connectivity index (χ0v) is 12.1. The molecule has 0 radical (unpaired) electrons. The van der Waals surface area contributed by atoms with Gasteiger partial charge in [-0.1, -0.05) is 0 Å². The number of rotatable bonds is 5. The minimum atomic E-state index is -1.23. The van der Waals surface area contributed by atoms with E-state index in [0.717, 1.165) is 11.0 Å². The molecule has 1 unspecified atom stereocenters. The number of fused-ring (bicyclic) bond motifs is 1. The largest absolute Gasteiger partial charge is 0.481 e. The van der Waals surface area contributed by atoms with Crippen LogP contribution in [0.2, 0.25) is 0 Å². The average molecular weight is 329 g/mol. The lowest BCUT2D eigenvalue weighted by Crippen LogP contribution is -2.35. The predicted molar refractivity (Wildman–Crippen MR) is 77.6 cm³/mol. The topological polar surface area (TPSA) is 125 Å². The number of benzene rings is 1. The highest BCUT2D eigenvalue weighted by atomic mass is 16.4. The van der Waals surface area contributed by atoms with Gasteiger partial charge in [-0.2, -0.15) is 0 Å². The molecule has 1 aromatic heterocycles. The predicted octanol–water partition coefficient (Wildman–Crippen LogP) is 1.79. The van der Waals surface area contributed by atoms with E-state index < -0.39 is 36.2 Å². The van der Waals surface area contributed by atoms with Crippen molar-refractivity contribution in [1.29, 1.82) is 0 Å². The molecule has 0 saturated heterocycles. The molecule has 0 fully saturated rings. The number of carbonyl (C=O) groups excluding carboxylic acids is 2. The van der Waals surface area contributed by atoms with E-state index in [4.69, 9.17) is 14.6 Å². The number of hydrogen-bond donors (Lipinski definition) is 2. The van der Waals surface area contributed by atoms with Gasteiger partial charge in [0.2, 0.25) is 0 Å². The summed E-state index contributed by atoms with van der Waals surface area (Å²) in [6, 6.07) is 5.45. The van der Waals surface area contributed by atoms with E-state index in [9.17, 15) is 19.2 Å². The van der Waals surface area contributed by atoms with Crippen molar-refractivity contribution in [3.8, 4) is 0 Å². The van der Waals surface area contributed by atoms with E-state index in [2.05, 4.69) is 0 Å². The molecule has 122 valence electrons. The molecule has 2 heterocycles. The number of imide groups is 1. The first-order valence-corrected chi connectivity index (χ1v) is 6.90. The summed E-state index contributed by atoms with van der Waals surface area (Å²) in [5.74, 6) is -3.72. The Labute approximate surface area is 134 Å². The number of amides is 2.